The van der Waals surface area contributed by atoms with E-state index in [1.54, 1.807) is 19.2 Å². The third-order valence-corrected chi connectivity index (χ3v) is 4.37. The number of benzene rings is 3. The van der Waals surface area contributed by atoms with Gasteiger partial charge in [0.15, 0.2) is 5.82 Å². The zero-order valence-electron chi connectivity index (χ0n) is 15.3. The number of carbonyl (C=O) groups excluding carboxylic acids is 1. The molecule has 4 aromatic rings. The molecule has 0 fully saturated rings. The minimum atomic E-state index is -0.206. The van der Waals surface area contributed by atoms with E-state index < -0.39 is 0 Å². The molecule has 0 spiro atoms. The Kier molecular flexibility index (Phi) is 4.89. The lowest BCUT2D eigenvalue weighted by Gasteiger charge is -2.10. The van der Waals surface area contributed by atoms with Gasteiger partial charge in [0.05, 0.1) is 23.8 Å². The topological polar surface area (TPSA) is 67.0 Å². The number of imidazole rings is 1. The van der Waals surface area contributed by atoms with E-state index in [2.05, 4.69) is 15.3 Å². The molecule has 0 saturated heterocycles. The number of fused-ring (bicyclic) bond motifs is 1. The Morgan fingerprint density at radius 3 is 2.46 bits per heavy atom. The molecule has 1 heterocycles. The van der Waals surface area contributed by atoms with Crippen LogP contribution < -0.4 is 10.1 Å². The number of carbonyl (C=O) groups is 1. The van der Waals surface area contributed by atoms with Crippen LogP contribution in [0.15, 0.2) is 78.9 Å². The van der Waals surface area contributed by atoms with Crippen LogP contribution in [0.1, 0.15) is 21.7 Å². The van der Waals surface area contributed by atoms with Crippen molar-refractivity contribution in [1.82, 2.24) is 15.3 Å². The first-order valence-corrected chi connectivity index (χ1v) is 8.91. The highest BCUT2D eigenvalue weighted by atomic mass is 16.5. The number of nitrogens with zero attached hydrogens (tertiary/aromatic N) is 1. The lowest BCUT2D eigenvalue weighted by atomic mass is 10.1. The van der Waals surface area contributed by atoms with Gasteiger partial charge in [0.1, 0.15) is 5.75 Å². The lowest BCUT2D eigenvalue weighted by molar-refractivity contribution is 0.0973. The fourth-order valence-corrected chi connectivity index (χ4v) is 2.97. The highest BCUT2D eigenvalue weighted by Crippen LogP contribution is 2.24. The van der Waals surface area contributed by atoms with Gasteiger partial charge in [-0.1, -0.05) is 48.5 Å². The zero-order chi connectivity index (χ0) is 19.3. The van der Waals surface area contributed by atoms with Gasteiger partial charge in [-0.05, 0) is 36.4 Å². The van der Waals surface area contributed by atoms with Gasteiger partial charge in [0.2, 0.25) is 0 Å². The number of hydrogen-bond acceptors (Lipinski definition) is 3. The largest absolute Gasteiger partial charge is 0.496 e. The number of para-hydroxylation sites is 3. The molecule has 0 bridgehead atoms. The monoisotopic (exact) mass is 369 g/mol. The molecule has 0 saturated carbocycles. The normalized spacial score (nSPS) is 11.4. The number of aromatic nitrogens is 2. The number of hydrogen-bond donors (Lipinski definition) is 2. The van der Waals surface area contributed by atoms with Crippen LogP contribution >= 0.6 is 0 Å². The molecule has 0 aliphatic rings. The van der Waals surface area contributed by atoms with E-state index in [0.29, 0.717) is 22.8 Å². The van der Waals surface area contributed by atoms with Crippen molar-refractivity contribution in [2.24, 2.45) is 0 Å². The van der Waals surface area contributed by atoms with Gasteiger partial charge in [-0.3, -0.25) is 4.79 Å². The van der Waals surface area contributed by atoms with Crippen LogP contribution in [-0.2, 0) is 0 Å². The van der Waals surface area contributed by atoms with Crippen LogP contribution in [0.3, 0.4) is 0 Å². The van der Waals surface area contributed by atoms with Crippen molar-refractivity contribution in [1.29, 1.82) is 0 Å². The van der Waals surface area contributed by atoms with Crippen molar-refractivity contribution in [2.45, 2.75) is 0 Å². The van der Waals surface area contributed by atoms with Crippen molar-refractivity contribution in [2.75, 3.05) is 7.11 Å². The van der Waals surface area contributed by atoms with Crippen molar-refractivity contribution in [3.8, 4) is 5.75 Å². The highest BCUT2D eigenvalue weighted by molar-refractivity contribution is 6.02. The second kappa shape index (κ2) is 7.80. The first kappa shape index (κ1) is 17.5. The standard InChI is InChI=1S/C23H19N3O2/c1-28-21-14-8-5-11-17(21)15-20(26-23(27)16-9-3-2-4-10-16)22-24-18-12-6-7-13-19(18)25-22/h2-15H,1H3,(H,24,25)(H,26,27). The minimum Gasteiger partial charge on any atom is -0.496 e. The minimum absolute atomic E-state index is 0.206. The Bertz CT molecular complexity index is 1110. The maximum absolute atomic E-state index is 12.8. The van der Waals surface area contributed by atoms with E-state index in [9.17, 15) is 4.79 Å². The molecule has 1 amide bonds. The van der Waals surface area contributed by atoms with Crippen molar-refractivity contribution in [3.63, 3.8) is 0 Å². The number of H-pyrrole nitrogens is 1. The maximum atomic E-state index is 12.8. The van der Waals surface area contributed by atoms with E-state index in [0.717, 1.165) is 16.6 Å². The molecule has 4 rings (SSSR count). The number of methoxy groups -OCH3 is 1. The van der Waals surface area contributed by atoms with Gasteiger partial charge in [-0.15, -0.1) is 0 Å². The SMILES string of the molecule is COc1ccccc1C=C(NC(=O)c1ccccc1)c1nc2ccccc2[nH]1. The van der Waals surface area contributed by atoms with Crippen LogP contribution in [0.2, 0.25) is 0 Å². The van der Waals surface area contributed by atoms with Crippen molar-refractivity contribution < 1.29 is 9.53 Å². The van der Waals surface area contributed by atoms with Gasteiger partial charge in [0.25, 0.3) is 5.91 Å². The molecule has 0 unspecified atom stereocenters. The molecular weight excluding hydrogens is 350 g/mol. The fraction of sp³-hybridized carbons (Fsp3) is 0.0435. The van der Waals surface area contributed by atoms with E-state index in [-0.39, 0.29) is 5.91 Å². The summed E-state index contributed by atoms with van der Waals surface area (Å²) in [5.74, 6) is 1.09. The summed E-state index contributed by atoms with van der Waals surface area (Å²) < 4.78 is 5.44. The lowest BCUT2D eigenvalue weighted by Crippen LogP contribution is -2.22. The van der Waals surface area contributed by atoms with E-state index in [1.807, 2.05) is 72.8 Å². The van der Waals surface area contributed by atoms with Gasteiger partial charge >= 0.3 is 0 Å². The van der Waals surface area contributed by atoms with Crippen LogP contribution in [0.4, 0.5) is 0 Å². The zero-order valence-corrected chi connectivity index (χ0v) is 15.3. The molecule has 5 nitrogen and oxygen atoms in total. The number of rotatable bonds is 5. The van der Waals surface area contributed by atoms with Crippen LogP contribution in [0.5, 0.6) is 5.75 Å². The number of ether oxygens (including phenoxy) is 1. The second-order valence-electron chi connectivity index (χ2n) is 6.22. The summed E-state index contributed by atoms with van der Waals surface area (Å²) in [6.45, 7) is 0. The van der Waals surface area contributed by atoms with Crippen LogP contribution in [0.25, 0.3) is 22.8 Å². The van der Waals surface area contributed by atoms with Gasteiger partial charge in [-0.2, -0.15) is 0 Å². The highest BCUT2D eigenvalue weighted by Gasteiger charge is 2.14. The Morgan fingerprint density at radius 1 is 0.964 bits per heavy atom. The third-order valence-electron chi connectivity index (χ3n) is 4.37. The predicted octanol–water partition coefficient (Wildman–Crippen LogP) is 4.50. The average molecular weight is 369 g/mol. The maximum Gasteiger partial charge on any atom is 0.255 e. The first-order valence-electron chi connectivity index (χ1n) is 8.91. The fourth-order valence-electron chi connectivity index (χ4n) is 2.97. The molecule has 5 heteroatoms. The van der Waals surface area contributed by atoms with Crippen molar-refractivity contribution >= 4 is 28.7 Å². The Balaban J connectivity index is 1.78. The Hall–Kier alpha value is -3.86. The average Bonchev–Trinajstić information content (AvgIpc) is 3.18. The van der Waals surface area contributed by atoms with Crippen LogP contribution in [-0.4, -0.2) is 23.0 Å². The Labute approximate surface area is 162 Å². The summed E-state index contributed by atoms with van der Waals surface area (Å²) in [5, 5.41) is 2.98. The molecule has 3 aromatic carbocycles. The quantitative estimate of drug-likeness (QED) is 0.544. The third kappa shape index (κ3) is 3.64. The summed E-state index contributed by atoms with van der Waals surface area (Å²) in [6, 6.07) is 24.5. The molecule has 0 atom stereocenters. The summed E-state index contributed by atoms with van der Waals surface area (Å²) >= 11 is 0. The Morgan fingerprint density at radius 2 is 1.68 bits per heavy atom. The summed E-state index contributed by atoms with van der Waals surface area (Å²) in [4.78, 5) is 20.7. The molecule has 2 N–H and O–H groups in total. The molecular formula is C23H19N3O2. The summed E-state index contributed by atoms with van der Waals surface area (Å²) in [5.41, 5.74) is 3.71. The molecule has 138 valence electrons. The number of amides is 1. The van der Waals surface area contributed by atoms with E-state index >= 15 is 0 Å². The molecule has 0 aliphatic heterocycles. The van der Waals surface area contributed by atoms with Crippen LogP contribution in [0, 0.1) is 0 Å². The van der Waals surface area contributed by atoms with E-state index in [1.165, 1.54) is 0 Å². The van der Waals surface area contributed by atoms with E-state index in [4.69, 9.17) is 4.74 Å². The smallest absolute Gasteiger partial charge is 0.255 e. The predicted molar refractivity (Wildman–Crippen MR) is 111 cm³/mol. The number of aromatic amines is 1. The van der Waals surface area contributed by atoms with Gasteiger partial charge in [-0.25, -0.2) is 4.98 Å². The summed E-state index contributed by atoms with van der Waals surface area (Å²) in [7, 11) is 1.62. The first-order chi connectivity index (χ1) is 13.7. The molecule has 0 aliphatic carbocycles. The molecule has 1 aromatic heterocycles. The second-order valence-corrected chi connectivity index (χ2v) is 6.22. The molecule has 28 heavy (non-hydrogen) atoms. The van der Waals surface area contributed by atoms with Gasteiger partial charge in [0, 0.05) is 11.1 Å². The summed E-state index contributed by atoms with van der Waals surface area (Å²) in [6.07, 6.45) is 1.86. The molecule has 0 radical (unpaired) electrons. The van der Waals surface area contributed by atoms with Gasteiger partial charge < -0.3 is 15.0 Å². The number of nitrogens with one attached hydrogen (secondary N) is 2. The van der Waals surface area contributed by atoms with Crippen molar-refractivity contribution in [3.05, 3.63) is 95.8 Å².